The van der Waals surface area contributed by atoms with Crippen molar-refractivity contribution in [2.45, 2.75) is 32.2 Å². The molecule has 0 unspecified atom stereocenters. The quantitative estimate of drug-likeness (QED) is 0.352. The van der Waals surface area contributed by atoms with E-state index < -0.39 is 23.3 Å². The first-order chi connectivity index (χ1) is 15.6. The van der Waals surface area contributed by atoms with Crippen LogP contribution in [0.5, 0.6) is 17.2 Å². The summed E-state index contributed by atoms with van der Waals surface area (Å²) in [6.07, 6.45) is 0.0823. The molecule has 3 N–H and O–H groups in total. The Morgan fingerprint density at radius 2 is 1.82 bits per heavy atom. The van der Waals surface area contributed by atoms with Gasteiger partial charge in [0, 0.05) is 18.2 Å². The summed E-state index contributed by atoms with van der Waals surface area (Å²) in [5.74, 6) is -3.01. The summed E-state index contributed by atoms with van der Waals surface area (Å²) >= 11 is 5.92. The topological polar surface area (TPSA) is 109 Å². The number of methoxy groups -OCH3 is 1. The molecule has 0 aliphatic carbocycles. The van der Waals surface area contributed by atoms with Crippen molar-refractivity contribution in [3.63, 3.8) is 0 Å². The van der Waals surface area contributed by atoms with Crippen molar-refractivity contribution in [3.05, 3.63) is 86.0 Å². The van der Waals surface area contributed by atoms with Crippen LogP contribution in [-0.2, 0) is 22.5 Å². The van der Waals surface area contributed by atoms with E-state index >= 15 is 0 Å². The van der Waals surface area contributed by atoms with Gasteiger partial charge in [-0.25, -0.2) is 4.39 Å². The molecule has 33 heavy (non-hydrogen) atoms. The number of benzene rings is 2. The van der Waals surface area contributed by atoms with E-state index in [0.29, 0.717) is 23.2 Å². The average Bonchev–Trinajstić information content (AvgIpc) is 2.76. The van der Waals surface area contributed by atoms with Crippen molar-refractivity contribution in [1.82, 2.24) is 4.57 Å². The van der Waals surface area contributed by atoms with Gasteiger partial charge in [0.25, 0.3) is 5.56 Å². The zero-order valence-corrected chi connectivity index (χ0v) is 18.8. The number of aromatic hydroxyl groups is 3. The number of rotatable bonds is 7. The zero-order chi connectivity index (χ0) is 24.3. The molecule has 3 aromatic rings. The number of halogens is 2. The lowest BCUT2D eigenvalue weighted by molar-refractivity contribution is -0.140. The molecule has 0 spiro atoms. The number of aryl methyl sites for hydroxylation is 2. The number of hydrogen-bond donors (Lipinski definition) is 3. The van der Waals surface area contributed by atoms with Crippen LogP contribution in [0.15, 0.2) is 47.3 Å². The van der Waals surface area contributed by atoms with Crippen LogP contribution in [0.2, 0.25) is 5.02 Å². The highest BCUT2D eigenvalue weighted by Crippen LogP contribution is 2.34. The van der Waals surface area contributed by atoms with Gasteiger partial charge in [-0.1, -0.05) is 23.7 Å². The molecule has 0 saturated heterocycles. The van der Waals surface area contributed by atoms with Crippen LogP contribution >= 0.6 is 11.6 Å². The van der Waals surface area contributed by atoms with Crippen LogP contribution in [-0.4, -0.2) is 33.0 Å². The monoisotopic (exact) mass is 475 g/mol. The van der Waals surface area contributed by atoms with Gasteiger partial charge >= 0.3 is 5.97 Å². The van der Waals surface area contributed by atoms with Gasteiger partial charge in [-0.3, -0.25) is 9.59 Å². The number of pyridine rings is 1. The fourth-order valence-corrected chi connectivity index (χ4v) is 3.89. The Labute approximate surface area is 194 Å². The van der Waals surface area contributed by atoms with Crippen LogP contribution in [0.3, 0.4) is 0 Å². The second kappa shape index (κ2) is 9.95. The molecule has 0 bridgehead atoms. The molecule has 2 aromatic carbocycles. The maximum atomic E-state index is 13.7. The molecule has 174 valence electrons. The number of phenolic OH excluding ortho intramolecular Hbond substituents is 2. The molecule has 0 aliphatic heterocycles. The second-order valence-electron chi connectivity index (χ2n) is 7.62. The number of ether oxygens (including phenoxy) is 1. The molecule has 1 heterocycles. The molecule has 1 aromatic heterocycles. The van der Waals surface area contributed by atoms with Crippen LogP contribution in [0.4, 0.5) is 4.39 Å². The molecule has 0 aliphatic rings. The number of phenols is 2. The lowest BCUT2D eigenvalue weighted by Gasteiger charge is -2.21. The highest BCUT2D eigenvalue weighted by molar-refractivity contribution is 6.30. The third-order valence-electron chi connectivity index (χ3n) is 5.48. The first kappa shape index (κ1) is 24.1. The number of hydrogen-bond acceptors (Lipinski definition) is 6. The molecule has 0 saturated carbocycles. The fraction of sp³-hybridized carbons (Fsp3) is 0.250. The number of carbonyl (C=O) groups is 1. The lowest BCUT2D eigenvalue weighted by Crippen LogP contribution is -2.29. The Morgan fingerprint density at radius 3 is 2.45 bits per heavy atom. The van der Waals surface area contributed by atoms with Gasteiger partial charge in [0.05, 0.1) is 24.1 Å². The van der Waals surface area contributed by atoms with E-state index in [1.807, 2.05) is 0 Å². The van der Waals surface area contributed by atoms with Gasteiger partial charge in [0.2, 0.25) is 0 Å². The van der Waals surface area contributed by atoms with E-state index in [4.69, 9.17) is 16.3 Å². The van der Waals surface area contributed by atoms with Crippen molar-refractivity contribution in [2.75, 3.05) is 7.11 Å². The molecule has 3 rings (SSSR count). The third-order valence-corrected chi connectivity index (χ3v) is 5.77. The molecule has 0 amide bonds. The van der Waals surface area contributed by atoms with Gasteiger partial charge in [-0.2, -0.15) is 0 Å². The highest BCUT2D eigenvalue weighted by atomic mass is 35.5. The molecule has 0 fully saturated rings. The Bertz CT molecular complexity index is 1260. The lowest BCUT2D eigenvalue weighted by atomic mass is 9.88. The Hall–Kier alpha value is -3.52. The van der Waals surface area contributed by atoms with Crippen molar-refractivity contribution in [3.8, 4) is 17.2 Å². The predicted molar refractivity (Wildman–Crippen MR) is 120 cm³/mol. The summed E-state index contributed by atoms with van der Waals surface area (Å²) in [5, 5.41) is 29.7. The molecule has 9 heteroatoms. The minimum atomic E-state index is -0.924. The molecule has 7 nitrogen and oxygen atoms in total. The first-order valence-corrected chi connectivity index (χ1v) is 10.5. The SMILES string of the molecule is COC(=O)C[C@@H](c1ccc(F)c(Cl)c1)c1c(O)cc(C)n(CCc2ccc(O)c(O)c2)c1=O. The van der Waals surface area contributed by atoms with Crippen LogP contribution < -0.4 is 5.56 Å². The maximum absolute atomic E-state index is 13.7. The van der Waals surface area contributed by atoms with Crippen molar-refractivity contribution >= 4 is 17.6 Å². The van der Waals surface area contributed by atoms with E-state index in [1.165, 1.54) is 42.0 Å². The first-order valence-electron chi connectivity index (χ1n) is 10.1. The van der Waals surface area contributed by atoms with E-state index in [1.54, 1.807) is 13.0 Å². The maximum Gasteiger partial charge on any atom is 0.306 e. The molecular formula is C24H23ClFNO6. The van der Waals surface area contributed by atoms with Crippen molar-refractivity contribution in [1.29, 1.82) is 0 Å². The largest absolute Gasteiger partial charge is 0.507 e. The van der Waals surface area contributed by atoms with Gasteiger partial charge in [0.1, 0.15) is 11.6 Å². The smallest absolute Gasteiger partial charge is 0.306 e. The second-order valence-corrected chi connectivity index (χ2v) is 8.03. The van der Waals surface area contributed by atoms with Crippen LogP contribution in [0.1, 0.15) is 34.7 Å². The standard InChI is InChI=1S/C24H23ClFNO6/c1-13-9-21(30)23(16(12-22(31)33-2)15-4-5-18(26)17(25)11-15)24(32)27(13)8-7-14-3-6-19(28)20(29)10-14/h3-6,9-11,16,28-30H,7-8,12H2,1-2H3/t16-/m0/s1. The molecular weight excluding hydrogens is 453 g/mol. The van der Waals surface area contributed by atoms with Crippen molar-refractivity contribution in [2.24, 2.45) is 0 Å². The summed E-state index contributed by atoms with van der Waals surface area (Å²) in [5.41, 5.74) is 0.978. The summed E-state index contributed by atoms with van der Waals surface area (Å²) in [6, 6.07) is 9.63. The minimum absolute atomic E-state index is 0.0396. The third kappa shape index (κ3) is 5.28. The predicted octanol–water partition coefficient (Wildman–Crippen LogP) is 4.00. The van der Waals surface area contributed by atoms with Gasteiger partial charge in [-0.15, -0.1) is 0 Å². The normalized spacial score (nSPS) is 11.9. The van der Waals surface area contributed by atoms with E-state index in [2.05, 4.69) is 0 Å². The van der Waals surface area contributed by atoms with Crippen LogP contribution in [0, 0.1) is 12.7 Å². The van der Waals surface area contributed by atoms with Crippen molar-refractivity contribution < 1.29 is 29.2 Å². The van der Waals surface area contributed by atoms with E-state index in [9.17, 15) is 29.3 Å². The number of nitrogens with zero attached hydrogens (tertiary/aromatic N) is 1. The Morgan fingerprint density at radius 1 is 1.09 bits per heavy atom. The van der Waals surface area contributed by atoms with E-state index in [-0.39, 0.29) is 40.8 Å². The number of carbonyl (C=O) groups excluding carboxylic acids is 1. The summed E-state index contributed by atoms with van der Waals surface area (Å²) in [4.78, 5) is 25.5. The highest BCUT2D eigenvalue weighted by Gasteiger charge is 2.27. The minimum Gasteiger partial charge on any atom is -0.507 e. The zero-order valence-electron chi connectivity index (χ0n) is 18.0. The van der Waals surface area contributed by atoms with Crippen LogP contribution in [0.25, 0.3) is 0 Å². The molecule has 0 radical (unpaired) electrons. The fourth-order valence-electron chi connectivity index (χ4n) is 3.71. The summed E-state index contributed by atoms with van der Waals surface area (Å²) < 4.78 is 19.9. The Balaban J connectivity index is 2.06. The van der Waals surface area contributed by atoms with Gasteiger partial charge in [0.15, 0.2) is 11.5 Å². The number of aromatic nitrogens is 1. The summed E-state index contributed by atoms with van der Waals surface area (Å²) in [7, 11) is 1.21. The van der Waals surface area contributed by atoms with Gasteiger partial charge < -0.3 is 24.6 Å². The Kier molecular flexibility index (Phi) is 7.28. The number of esters is 1. The molecule has 1 atom stereocenters. The average molecular weight is 476 g/mol. The van der Waals surface area contributed by atoms with E-state index in [0.717, 1.165) is 6.07 Å². The van der Waals surface area contributed by atoms with Gasteiger partial charge in [-0.05, 0) is 54.8 Å². The summed E-state index contributed by atoms with van der Waals surface area (Å²) in [6.45, 7) is 1.86.